The van der Waals surface area contributed by atoms with Crippen molar-refractivity contribution in [2.24, 2.45) is 11.8 Å². The number of hydrogen-bond donors (Lipinski definition) is 0. The van der Waals surface area contributed by atoms with E-state index in [0.29, 0.717) is 43.3 Å². The van der Waals surface area contributed by atoms with Gasteiger partial charge >= 0.3 is 0 Å². The largest absolute Gasteiger partial charge is 0.360 e. The van der Waals surface area contributed by atoms with Crippen LogP contribution in [0.1, 0.15) is 45.1 Å². The van der Waals surface area contributed by atoms with Crippen molar-refractivity contribution in [3.63, 3.8) is 0 Å². The van der Waals surface area contributed by atoms with Gasteiger partial charge in [-0.05, 0) is 39.5 Å². The van der Waals surface area contributed by atoms with E-state index in [1.165, 1.54) is 4.31 Å². The molecule has 0 unspecified atom stereocenters. The molecule has 1 saturated heterocycles. The Morgan fingerprint density at radius 2 is 1.80 bits per heavy atom. The number of carbonyl (C=O) groups is 1. The lowest BCUT2D eigenvalue weighted by molar-refractivity contribution is -0.138. The molecule has 1 aromatic heterocycles. The molecule has 0 saturated carbocycles. The van der Waals surface area contributed by atoms with Gasteiger partial charge in [0, 0.05) is 32.1 Å². The number of sulfonamides is 1. The third-order valence-electron chi connectivity index (χ3n) is 5.29. The van der Waals surface area contributed by atoms with Gasteiger partial charge in [-0.2, -0.15) is 4.31 Å². The van der Waals surface area contributed by atoms with Crippen molar-refractivity contribution >= 4 is 15.9 Å². The Morgan fingerprint density at radius 3 is 2.24 bits per heavy atom. The third kappa shape index (κ3) is 3.89. The number of rotatable bonds is 5. The van der Waals surface area contributed by atoms with Gasteiger partial charge in [0.05, 0.1) is 0 Å². The summed E-state index contributed by atoms with van der Waals surface area (Å²) in [5.74, 6) is 0.674. The van der Waals surface area contributed by atoms with Crippen LogP contribution in [0.3, 0.4) is 0 Å². The molecule has 2 rings (SSSR count). The van der Waals surface area contributed by atoms with Crippen molar-refractivity contribution in [3.8, 4) is 0 Å². The van der Waals surface area contributed by atoms with Crippen LogP contribution in [0.5, 0.6) is 0 Å². The first-order valence-electron chi connectivity index (χ1n) is 8.77. The van der Waals surface area contributed by atoms with Crippen molar-refractivity contribution in [2.45, 2.75) is 58.4 Å². The molecule has 0 aliphatic carbocycles. The highest BCUT2D eigenvalue weighted by Crippen LogP contribution is 2.28. The third-order valence-corrected chi connectivity index (χ3v) is 7.44. The van der Waals surface area contributed by atoms with E-state index in [0.717, 1.165) is 0 Å². The molecule has 1 aromatic rings. The van der Waals surface area contributed by atoms with E-state index in [9.17, 15) is 13.2 Å². The summed E-state index contributed by atoms with van der Waals surface area (Å²) in [7, 11) is -1.79. The van der Waals surface area contributed by atoms with E-state index in [4.69, 9.17) is 4.52 Å². The molecule has 8 heteroatoms. The summed E-state index contributed by atoms with van der Waals surface area (Å²) in [4.78, 5) is 14.6. The first kappa shape index (κ1) is 19.9. The van der Waals surface area contributed by atoms with Crippen LogP contribution in [0.4, 0.5) is 0 Å². The van der Waals surface area contributed by atoms with Crippen molar-refractivity contribution in [2.75, 3.05) is 20.1 Å². The second-order valence-electron chi connectivity index (χ2n) is 7.27. The Balaban J connectivity index is 2.06. The first-order valence-corrected chi connectivity index (χ1v) is 10.2. The van der Waals surface area contributed by atoms with Crippen LogP contribution < -0.4 is 0 Å². The van der Waals surface area contributed by atoms with Crippen LogP contribution in [0.25, 0.3) is 0 Å². The summed E-state index contributed by atoms with van der Waals surface area (Å²) in [6.45, 7) is 10.1. The lowest BCUT2D eigenvalue weighted by atomic mass is 9.95. The summed E-state index contributed by atoms with van der Waals surface area (Å²) in [5, 5.41) is 3.74. The fourth-order valence-corrected chi connectivity index (χ4v) is 5.01. The molecule has 1 atom stereocenters. The molecule has 142 valence electrons. The van der Waals surface area contributed by atoms with E-state index in [-0.39, 0.29) is 22.8 Å². The Morgan fingerprint density at radius 1 is 1.24 bits per heavy atom. The maximum atomic E-state index is 12.8. The van der Waals surface area contributed by atoms with Crippen molar-refractivity contribution in [1.29, 1.82) is 0 Å². The zero-order valence-corrected chi connectivity index (χ0v) is 16.8. The number of amides is 1. The number of nitrogens with zero attached hydrogens (tertiary/aromatic N) is 3. The van der Waals surface area contributed by atoms with Gasteiger partial charge in [-0.15, -0.1) is 0 Å². The fraction of sp³-hybridized carbons (Fsp3) is 0.765. The molecule has 0 N–H and O–H groups in total. The molecular formula is C17H29N3O4S. The SMILES string of the molecule is Cc1noc(C)c1S(=O)(=O)N1CCC(C(=O)N(C)[C@@H](C)C(C)C)CC1. The second-order valence-corrected chi connectivity index (χ2v) is 9.14. The molecule has 1 amide bonds. The molecule has 1 fully saturated rings. The highest BCUT2D eigenvalue weighted by Gasteiger charge is 2.36. The molecule has 7 nitrogen and oxygen atoms in total. The number of hydrogen-bond acceptors (Lipinski definition) is 5. The predicted molar refractivity (Wildman–Crippen MR) is 94.5 cm³/mol. The monoisotopic (exact) mass is 371 g/mol. The minimum Gasteiger partial charge on any atom is -0.360 e. The van der Waals surface area contributed by atoms with Gasteiger partial charge < -0.3 is 9.42 Å². The first-order chi connectivity index (χ1) is 11.6. The van der Waals surface area contributed by atoms with Crippen molar-refractivity contribution in [1.82, 2.24) is 14.4 Å². The Labute approximate surface area is 150 Å². The summed E-state index contributed by atoms with van der Waals surface area (Å²) < 4.78 is 32.1. The lowest BCUT2D eigenvalue weighted by Crippen LogP contribution is -2.46. The quantitative estimate of drug-likeness (QED) is 0.792. The second kappa shape index (κ2) is 7.45. The normalized spacial score (nSPS) is 18.5. The number of aryl methyl sites for hydroxylation is 2. The van der Waals surface area contributed by atoms with Crippen LogP contribution in [0.2, 0.25) is 0 Å². The molecule has 2 heterocycles. The standard InChI is InChI=1S/C17H29N3O4S/c1-11(2)13(4)19(6)17(21)15-7-9-20(10-8-15)25(22,23)16-12(3)18-24-14(16)5/h11,13,15H,7-10H2,1-6H3/t13-/m0/s1. The Kier molecular flexibility index (Phi) is 5.93. The zero-order chi connectivity index (χ0) is 18.9. The van der Waals surface area contributed by atoms with Gasteiger partial charge in [0.2, 0.25) is 15.9 Å². The van der Waals surface area contributed by atoms with Crippen molar-refractivity contribution < 1.29 is 17.7 Å². The summed E-state index contributed by atoms with van der Waals surface area (Å²) in [5.41, 5.74) is 0.376. The minimum atomic E-state index is -3.63. The van der Waals surface area contributed by atoms with Crippen LogP contribution in [-0.2, 0) is 14.8 Å². The van der Waals surface area contributed by atoms with E-state index >= 15 is 0 Å². The maximum absolute atomic E-state index is 12.8. The van der Waals surface area contributed by atoms with Gasteiger partial charge in [0.15, 0.2) is 5.76 Å². The van der Waals surface area contributed by atoms with Gasteiger partial charge in [-0.3, -0.25) is 4.79 Å². The summed E-state index contributed by atoms with van der Waals surface area (Å²) in [6.07, 6.45) is 1.08. The molecule has 1 aliphatic rings. The molecule has 0 spiro atoms. The van der Waals surface area contributed by atoms with Crippen molar-refractivity contribution in [3.05, 3.63) is 11.5 Å². The average molecular weight is 372 g/mol. The zero-order valence-electron chi connectivity index (χ0n) is 15.9. The van der Waals surface area contributed by atoms with Gasteiger partial charge in [0.25, 0.3) is 0 Å². The molecule has 1 aliphatic heterocycles. The summed E-state index contributed by atoms with van der Waals surface area (Å²) in [6, 6.07) is 0.163. The minimum absolute atomic E-state index is 0.107. The Hall–Kier alpha value is -1.41. The molecule has 0 radical (unpaired) electrons. The number of carbonyl (C=O) groups excluding carboxylic acids is 1. The highest BCUT2D eigenvalue weighted by atomic mass is 32.2. The fourth-order valence-electron chi connectivity index (χ4n) is 3.25. The van der Waals surface area contributed by atoms with E-state index in [2.05, 4.69) is 19.0 Å². The van der Waals surface area contributed by atoms with Gasteiger partial charge in [-0.25, -0.2) is 8.42 Å². The van der Waals surface area contributed by atoms with Crippen LogP contribution in [0, 0.1) is 25.7 Å². The van der Waals surface area contributed by atoms with E-state index in [1.807, 2.05) is 14.0 Å². The number of aromatic nitrogens is 1. The van der Waals surface area contributed by atoms with Gasteiger partial charge in [-0.1, -0.05) is 19.0 Å². The van der Waals surface area contributed by atoms with E-state index < -0.39 is 10.0 Å². The molecule has 0 bridgehead atoms. The topological polar surface area (TPSA) is 83.7 Å². The molecular weight excluding hydrogens is 342 g/mol. The molecule has 25 heavy (non-hydrogen) atoms. The number of piperidine rings is 1. The average Bonchev–Trinajstić information content (AvgIpc) is 2.92. The van der Waals surface area contributed by atoms with Gasteiger partial charge in [0.1, 0.15) is 10.6 Å². The predicted octanol–water partition coefficient (Wildman–Crippen LogP) is 2.20. The highest BCUT2D eigenvalue weighted by molar-refractivity contribution is 7.89. The maximum Gasteiger partial charge on any atom is 0.248 e. The molecule has 0 aromatic carbocycles. The van der Waals surface area contributed by atoms with Crippen LogP contribution in [-0.4, -0.2) is 54.9 Å². The smallest absolute Gasteiger partial charge is 0.248 e. The van der Waals surface area contributed by atoms with Crippen LogP contribution >= 0.6 is 0 Å². The summed E-state index contributed by atoms with van der Waals surface area (Å²) >= 11 is 0. The lowest BCUT2D eigenvalue weighted by Gasteiger charge is -2.35. The Bertz CT molecular complexity index is 699. The van der Waals surface area contributed by atoms with Crippen LogP contribution in [0.15, 0.2) is 9.42 Å². The van der Waals surface area contributed by atoms with E-state index in [1.54, 1.807) is 18.7 Å².